The molecule has 6 heteroatoms. The van der Waals surface area contributed by atoms with E-state index >= 15 is 0 Å². The van der Waals surface area contributed by atoms with Gasteiger partial charge in [-0.25, -0.2) is 0 Å². The van der Waals surface area contributed by atoms with E-state index in [9.17, 15) is 4.79 Å². The Morgan fingerprint density at radius 2 is 2.22 bits per heavy atom. The van der Waals surface area contributed by atoms with Crippen LogP contribution in [0.1, 0.15) is 44.6 Å². The normalized spacial score (nSPS) is 11.9. The Morgan fingerprint density at radius 3 is 2.78 bits per heavy atom. The Bertz CT molecular complexity index is 399. The predicted molar refractivity (Wildman–Crippen MR) is 68.1 cm³/mol. The van der Waals surface area contributed by atoms with Gasteiger partial charge in [0.2, 0.25) is 0 Å². The van der Waals surface area contributed by atoms with E-state index in [2.05, 4.69) is 29.5 Å². The summed E-state index contributed by atoms with van der Waals surface area (Å²) in [6.45, 7) is 8.38. The number of hydrogen-bond acceptors (Lipinski definition) is 4. The van der Waals surface area contributed by atoms with Crippen LogP contribution in [0.3, 0.4) is 0 Å². The van der Waals surface area contributed by atoms with Crippen LogP contribution >= 0.6 is 0 Å². The van der Waals surface area contributed by atoms with Gasteiger partial charge in [-0.1, -0.05) is 19.1 Å². The maximum Gasteiger partial charge on any atom is 0.273 e. The van der Waals surface area contributed by atoms with Crippen molar-refractivity contribution in [2.24, 2.45) is 5.92 Å². The fourth-order valence-corrected chi connectivity index (χ4v) is 1.31. The molecule has 0 unspecified atom stereocenters. The number of aliphatic hydroxyl groups is 1. The van der Waals surface area contributed by atoms with Gasteiger partial charge in [0.05, 0.1) is 18.3 Å². The quantitative estimate of drug-likeness (QED) is 0.788. The number of amides is 1. The fourth-order valence-electron chi connectivity index (χ4n) is 1.31. The summed E-state index contributed by atoms with van der Waals surface area (Å²) in [6, 6.07) is 0. The zero-order chi connectivity index (χ0) is 13.8. The Balaban J connectivity index is 2.60. The van der Waals surface area contributed by atoms with Gasteiger partial charge in [-0.05, 0) is 26.2 Å². The van der Waals surface area contributed by atoms with Gasteiger partial charge in [0.25, 0.3) is 5.91 Å². The molecule has 18 heavy (non-hydrogen) atoms. The topological polar surface area (TPSA) is 80.0 Å². The summed E-state index contributed by atoms with van der Waals surface area (Å²) in [7, 11) is 0. The number of aromatic nitrogens is 3. The summed E-state index contributed by atoms with van der Waals surface area (Å²) in [5, 5.41) is 19.5. The molecule has 1 rings (SSSR count). The van der Waals surface area contributed by atoms with Crippen molar-refractivity contribution in [3.05, 3.63) is 11.9 Å². The van der Waals surface area contributed by atoms with Crippen molar-refractivity contribution in [2.45, 2.75) is 46.2 Å². The number of hydrogen-bond donors (Lipinski definition) is 2. The zero-order valence-corrected chi connectivity index (χ0v) is 11.5. The van der Waals surface area contributed by atoms with Crippen LogP contribution in [0.2, 0.25) is 0 Å². The summed E-state index contributed by atoms with van der Waals surface area (Å²) in [5.41, 5.74) is -0.376. The average Bonchev–Trinajstić information content (AvgIpc) is 2.74. The minimum atomic E-state index is -0.654. The molecule has 0 atom stereocenters. The van der Waals surface area contributed by atoms with Crippen LogP contribution in [0.4, 0.5) is 0 Å². The SMILES string of the molecule is CC(C)CCn1cc(C(=O)NC(C)(C)CO)nn1. The first-order chi connectivity index (χ1) is 8.34. The molecule has 0 fully saturated rings. The summed E-state index contributed by atoms with van der Waals surface area (Å²) >= 11 is 0. The van der Waals surface area contributed by atoms with Gasteiger partial charge in [-0.15, -0.1) is 5.10 Å². The lowest BCUT2D eigenvalue weighted by Crippen LogP contribution is -2.46. The van der Waals surface area contributed by atoms with Gasteiger partial charge in [-0.2, -0.15) is 0 Å². The highest BCUT2D eigenvalue weighted by molar-refractivity contribution is 5.92. The van der Waals surface area contributed by atoms with Gasteiger partial charge >= 0.3 is 0 Å². The van der Waals surface area contributed by atoms with Crippen LogP contribution in [0.5, 0.6) is 0 Å². The molecule has 1 amide bonds. The summed E-state index contributed by atoms with van der Waals surface area (Å²) in [4.78, 5) is 11.8. The van der Waals surface area contributed by atoms with Crippen LogP contribution in [0, 0.1) is 5.92 Å². The van der Waals surface area contributed by atoms with E-state index in [1.165, 1.54) is 0 Å². The molecule has 0 aromatic carbocycles. The van der Waals surface area contributed by atoms with Gasteiger partial charge in [0.1, 0.15) is 0 Å². The van der Waals surface area contributed by atoms with Crippen molar-refractivity contribution in [3.8, 4) is 0 Å². The molecule has 6 nitrogen and oxygen atoms in total. The van der Waals surface area contributed by atoms with Gasteiger partial charge in [0, 0.05) is 6.54 Å². The van der Waals surface area contributed by atoms with E-state index < -0.39 is 5.54 Å². The molecule has 0 spiro atoms. The van der Waals surface area contributed by atoms with E-state index in [4.69, 9.17) is 5.11 Å². The van der Waals surface area contributed by atoms with Crippen LogP contribution in [-0.4, -0.2) is 38.2 Å². The van der Waals surface area contributed by atoms with Gasteiger partial charge in [-0.3, -0.25) is 9.48 Å². The molecule has 0 radical (unpaired) electrons. The number of carbonyl (C=O) groups is 1. The molecule has 1 aromatic heterocycles. The first-order valence-corrected chi connectivity index (χ1v) is 6.17. The van der Waals surface area contributed by atoms with E-state index in [1.54, 1.807) is 24.7 Å². The van der Waals surface area contributed by atoms with Crippen molar-refractivity contribution in [2.75, 3.05) is 6.61 Å². The number of aliphatic hydroxyl groups excluding tert-OH is 1. The second-order valence-electron chi connectivity index (χ2n) is 5.55. The number of carbonyl (C=O) groups excluding carboxylic acids is 1. The minimum Gasteiger partial charge on any atom is -0.394 e. The number of aryl methyl sites for hydroxylation is 1. The van der Waals surface area contributed by atoms with Crippen molar-refractivity contribution in [3.63, 3.8) is 0 Å². The highest BCUT2D eigenvalue weighted by Crippen LogP contribution is 2.05. The molecular weight excluding hydrogens is 232 g/mol. The smallest absolute Gasteiger partial charge is 0.273 e. The molecule has 0 saturated carbocycles. The van der Waals surface area contributed by atoms with E-state index in [0.29, 0.717) is 5.92 Å². The second kappa shape index (κ2) is 5.95. The maximum absolute atomic E-state index is 11.8. The fraction of sp³-hybridized carbons (Fsp3) is 0.750. The maximum atomic E-state index is 11.8. The van der Waals surface area contributed by atoms with E-state index in [1.807, 2.05) is 0 Å². The molecule has 0 aliphatic carbocycles. The molecule has 102 valence electrons. The highest BCUT2D eigenvalue weighted by Gasteiger charge is 2.21. The molecule has 1 heterocycles. The molecule has 2 N–H and O–H groups in total. The largest absolute Gasteiger partial charge is 0.394 e. The lowest BCUT2D eigenvalue weighted by molar-refractivity contribution is 0.0864. The molecular formula is C12H22N4O2. The van der Waals surface area contributed by atoms with Crippen LogP contribution in [-0.2, 0) is 6.54 Å². The summed E-state index contributed by atoms with van der Waals surface area (Å²) in [5.74, 6) is 0.268. The monoisotopic (exact) mass is 254 g/mol. The third-order valence-corrected chi connectivity index (χ3v) is 2.55. The summed E-state index contributed by atoms with van der Waals surface area (Å²) in [6.07, 6.45) is 2.62. The van der Waals surface area contributed by atoms with Crippen LogP contribution < -0.4 is 5.32 Å². The number of rotatable bonds is 6. The third kappa shape index (κ3) is 4.44. The lowest BCUT2D eigenvalue weighted by atomic mass is 10.1. The lowest BCUT2D eigenvalue weighted by Gasteiger charge is -2.22. The molecule has 0 bridgehead atoms. The van der Waals surface area contributed by atoms with E-state index in [-0.39, 0.29) is 18.2 Å². The third-order valence-electron chi connectivity index (χ3n) is 2.55. The predicted octanol–water partition coefficient (Wildman–Crippen LogP) is 0.825. The summed E-state index contributed by atoms with van der Waals surface area (Å²) < 4.78 is 1.67. The van der Waals surface area contributed by atoms with Crippen molar-refractivity contribution >= 4 is 5.91 Å². The Morgan fingerprint density at radius 1 is 1.56 bits per heavy atom. The molecule has 0 aliphatic heterocycles. The van der Waals surface area contributed by atoms with Gasteiger partial charge < -0.3 is 10.4 Å². The molecule has 0 saturated heterocycles. The first kappa shape index (κ1) is 14.6. The van der Waals surface area contributed by atoms with E-state index in [0.717, 1.165) is 13.0 Å². The van der Waals surface area contributed by atoms with Gasteiger partial charge in [0.15, 0.2) is 5.69 Å². The Kier molecular flexibility index (Phi) is 4.84. The van der Waals surface area contributed by atoms with Crippen LogP contribution in [0.25, 0.3) is 0 Å². The Hall–Kier alpha value is -1.43. The number of nitrogens with zero attached hydrogens (tertiary/aromatic N) is 3. The first-order valence-electron chi connectivity index (χ1n) is 6.17. The Labute approximate surface area is 107 Å². The van der Waals surface area contributed by atoms with Crippen molar-refractivity contribution in [1.29, 1.82) is 0 Å². The number of nitrogens with one attached hydrogen (secondary N) is 1. The van der Waals surface area contributed by atoms with Crippen molar-refractivity contribution in [1.82, 2.24) is 20.3 Å². The zero-order valence-electron chi connectivity index (χ0n) is 11.5. The molecule has 1 aromatic rings. The second-order valence-corrected chi connectivity index (χ2v) is 5.55. The minimum absolute atomic E-state index is 0.125. The van der Waals surface area contributed by atoms with Crippen LogP contribution in [0.15, 0.2) is 6.20 Å². The molecule has 0 aliphatic rings. The standard InChI is InChI=1S/C12H22N4O2/c1-9(2)5-6-16-7-10(14-15-16)11(18)13-12(3,4)8-17/h7,9,17H,5-6,8H2,1-4H3,(H,13,18). The van der Waals surface area contributed by atoms with Crippen molar-refractivity contribution < 1.29 is 9.90 Å². The average molecular weight is 254 g/mol. The highest BCUT2D eigenvalue weighted by atomic mass is 16.3.